The van der Waals surface area contributed by atoms with Gasteiger partial charge in [-0.1, -0.05) is 26.0 Å². The first kappa shape index (κ1) is 24.2. The van der Waals surface area contributed by atoms with Crippen LogP contribution in [-0.4, -0.2) is 18.0 Å². The van der Waals surface area contributed by atoms with Crippen molar-refractivity contribution in [3.63, 3.8) is 0 Å². The van der Waals surface area contributed by atoms with Crippen LogP contribution in [0.1, 0.15) is 43.7 Å². The quantitative estimate of drug-likeness (QED) is 0.610. The van der Waals surface area contributed by atoms with E-state index in [0.29, 0.717) is 23.3 Å². The summed E-state index contributed by atoms with van der Waals surface area (Å²) in [4.78, 5) is 14.9. The van der Waals surface area contributed by atoms with Crippen molar-refractivity contribution in [3.05, 3.63) is 76.3 Å². The van der Waals surface area contributed by atoms with Crippen LogP contribution in [0, 0.1) is 16.7 Å². The fraction of sp³-hybridized carbons (Fsp3) is 0.308. The van der Waals surface area contributed by atoms with E-state index in [-0.39, 0.29) is 40.8 Å². The number of carbonyl (C=O) groups is 1. The van der Waals surface area contributed by atoms with Crippen LogP contribution in [0.15, 0.2) is 65.1 Å². The molecular weight excluding hydrogens is 459 g/mol. The molecule has 9 heteroatoms. The van der Waals surface area contributed by atoms with Gasteiger partial charge in [0.15, 0.2) is 17.3 Å². The van der Waals surface area contributed by atoms with Gasteiger partial charge < -0.3 is 15.6 Å². The number of ketones is 1. The Labute approximate surface area is 200 Å². The Morgan fingerprint density at radius 3 is 2.54 bits per heavy atom. The lowest BCUT2D eigenvalue weighted by Gasteiger charge is -2.44. The van der Waals surface area contributed by atoms with E-state index in [1.165, 1.54) is 36.3 Å². The number of benzene rings is 2. The number of rotatable bonds is 3. The molecule has 182 valence electrons. The summed E-state index contributed by atoms with van der Waals surface area (Å²) < 4.78 is 45.6. The first-order valence-corrected chi connectivity index (χ1v) is 10.9. The number of halogens is 3. The first-order valence-electron chi connectivity index (χ1n) is 10.9. The second-order valence-corrected chi connectivity index (χ2v) is 9.46. The van der Waals surface area contributed by atoms with Crippen molar-refractivity contribution in [2.45, 2.75) is 38.8 Å². The van der Waals surface area contributed by atoms with Crippen LogP contribution in [0.3, 0.4) is 0 Å². The number of phenols is 1. The molecule has 0 fully saturated rings. The van der Waals surface area contributed by atoms with E-state index in [1.54, 1.807) is 6.07 Å². The molecule has 6 nitrogen and oxygen atoms in total. The monoisotopic (exact) mass is 483 g/mol. The Balaban J connectivity index is 2.00. The van der Waals surface area contributed by atoms with E-state index in [4.69, 9.17) is 10.5 Å². The summed E-state index contributed by atoms with van der Waals surface area (Å²) in [7, 11) is 1.38. The number of allylic oxidation sites excluding steroid dienone is 3. The smallest absolute Gasteiger partial charge is 0.416 e. The number of nitrogens with two attached hydrogens (primary N) is 1. The third kappa shape index (κ3) is 4.20. The van der Waals surface area contributed by atoms with Crippen molar-refractivity contribution < 1.29 is 27.8 Å². The molecule has 1 unspecified atom stereocenters. The minimum atomic E-state index is -4.58. The predicted octanol–water partition coefficient (Wildman–Crippen LogP) is 5.36. The third-order valence-electron chi connectivity index (χ3n) is 6.35. The van der Waals surface area contributed by atoms with Crippen molar-refractivity contribution in [1.29, 1.82) is 5.26 Å². The molecule has 0 aromatic heterocycles. The standard InChI is InChI=1S/C26H24F3N3O3/c1-25(2)11-18-23(20(34)12-25)22(14-7-8-19(33)21(9-14)35-3)17(13-30)24(31)32(18)16-6-4-5-15(10-16)26(27,28)29/h4-10,22,33H,11-12,31H2,1-3H3. The summed E-state index contributed by atoms with van der Waals surface area (Å²) in [5.74, 6) is -1.07. The van der Waals surface area contributed by atoms with Crippen LogP contribution in [-0.2, 0) is 11.0 Å². The molecule has 0 amide bonds. The highest BCUT2D eigenvalue weighted by molar-refractivity contribution is 6.01. The van der Waals surface area contributed by atoms with Gasteiger partial charge >= 0.3 is 6.18 Å². The molecule has 1 heterocycles. The lowest BCUT2D eigenvalue weighted by molar-refractivity contribution is -0.137. The van der Waals surface area contributed by atoms with Gasteiger partial charge in [0.1, 0.15) is 5.82 Å². The maximum Gasteiger partial charge on any atom is 0.416 e. The summed E-state index contributed by atoms with van der Waals surface area (Å²) in [6.45, 7) is 3.80. The Bertz CT molecular complexity index is 1320. The fourth-order valence-corrected chi connectivity index (χ4v) is 4.83. The molecule has 3 N–H and O–H groups in total. The normalized spacial score (nSPS) is 20.0. The van der Waals surface area contributed by atoms with Crippen LogP contribution in [0.2, 0.25) is 0 Å². The topological polar surface area (TPSA) is 99.6 Å². The van der Waals surface area contributed by atoms with Gasteiger partial charge in [0.05, 0.1) is 30.2 Å². The summed E-state index contributed by atoms with van der Waals surface area (Å²) in [5.41, 5.74) is 6.54. The molecule has 2 aliphatic rings. The van der Waals surface area contributed by atoms with E-state index in [0.717, 1.165) is 12.1 Å². The highest BCUT2D eigenvalue weighted by Crippen LogP contribution is 2.51. The van der Waals surface area contributed by atoms with Crippen LogP contribution in [0.4, 0.5) is 18.9 Å². The van der Waals surface area contributed by atoms with Crippen LogP contribution in [0.5, 0.6) is 11.5 Å². The minimum absolute atomic E-state index is 0.0296. The van der Waals surface area contributed by atoms with Crippen molar-refractivity contribution in [2.24, 2.45) is 11.1 Å². The maximum absolute atomic E-state index is 13.5. The molecule has 0 spiro atoms. The van der Waals surface area contributed by atoms with E-state index in [1.807, 2.05) is 13.8 Å². The number of phenolic OH excluding ortho intramolecular Hbond substituents is 1. The zero-order valence-electron chi connectivity index (χ0n) is 19.4. The largest absolute Gasteiger partial charge is 0.504 e. The third-order valence-corrected chi connectivity index (χ3v) is 6.35. The van der Waals surface area contributed by atoms with Crippen molar-refractivity contribution in [2.75, 3.05) is 12.0 Å². The predicted molar refractivity (Wildman–Crippen MR) is 123 cm³/mol. The molecule has 0 saturated carbocycles. The van der Waals surface area contributed by atoms with E-state index < -0.39 is 23.1 Å². The number of nitriles is 1. The van der Waals surface area contributed by atoms with Crippen molar-refractivity contribution in [3.8, 4) is 17.6 Å². The number of methoxy groups -OCH3 is 1. The van der Waals surface area contributed by atoms with Gasteiger partial charge in [-0.05, 0) is 47.7 Å². The van der Waals surface area contributed by atoms with Gasteiger partial charge in [-0.15, -0.1) is 0 Å². The van der Waals surface area contributed by atoms with Gasteiger partial charge in [0, 0.05) is 23.4 Å². The minimum Gasteiger partial charge on any atom is -0.504 e. The number of Topliss-reactive ketones (excluding diaryl/α,β-unsaturated/α-hetero) is 1. The molecule has 0 bridgehead atoms. The molecule has 1 aliphatic heterocycles. The lowest BCUT2D eigenvalue weighted by Crippen LogP contribution is -2.42. The van der Waals surface area contributed by atoms with Crippen LogP contribution in [0.25, 0.3) is 0 Å². The number of carbonyl (C=O) groups excluding carboxylic acids is 1. The van der Waals surface area contributed by atoms with Gasteiger partial charge in [-0.25, -0.2) is 0 Å². The fourth-order valence-electron chi connectivity index (χ4n) is 4.83. The van der Waals surface area contributed by atoms with E-state index in [9.17, 15) is 28.3 Å². The van der Waals surface area contributed by atoms with Gasteiger partial charge in [-0.3, -0.25) is 9.69 Å². The van der Waals surface area contributed by atoms with Crippen molar-refractivity contribution >= 4 is 11.5 Å². The van der Waals surface area contributed by atoms with E-state index >= 15 is 0 Å². The first-order chi connectivity index (χ1) is 16.4. The molecular formula is C26H24F3N3O3. The zero-order valence-corrected chi connectivity index (χ0v) is 19.4. The number of anilines is 1. The Kier molecular flexibility index (Phi) is 5.79. The number of nitrogens with zero attached hydrogens (tertiary/aromatic N) is 2. The Hall–Kier alpha value is -3.93. The molecule has 1 atom stereocenters. The Morgan fingerprint density at radius 2 is 1.91 bits per heavy atom. The second-order valence-electron chi connectivity index (χ2n) is 9.46. The number of hydrogen-bond acceptors (Lipinski definition) is 6. The zero-order chi connectivity index (χ0) is 25.7. The summed E-state index contributed by atoms with van der Waals surface area (Å²) in [5, 5.41) is 20.1. The second kappa shape index (κ2) is 8.38. The van der Waals surface area contributed by atoms with Gasteiger partial charge in [-0.2, -0.15) is 18.4 Å². The molecule has 2 aromatic carbocycles. The summed E-state index contributed by atoms with van der Waals surface area (Å²) >= 11 is 0. The number of ether oxygens (including phenoxy) is 1. The SMILES string of the molecule is COc1cc(C2C(C#N)=C(N)N(c3cccc(C(F)(F)F)c3)C3=C2C(=O)CC(C)(C)C3)ccc1O. The molecule has 35 heavy (non-hydrogen) atoms. The average Bonchev–Trinajstić information content (AvgIpc) is 2.77. The van der Waals surface area contributed by atoms with Crippen molar-refractivity contribution in [1.82, 2.24) is 0 Å². The highest BCUT2D eigenvalue weighted by Gasteiger charge is 2.45. The van der Waals surface area contributed by atoms with Crippen LogP contribution >= 0.6 is 0 Å². The van der Waals surface area contributed by atoms with Gasteiger partial charge in [0.2, 0.25) is 0 Å². The molecule has 0 radical (unpaired) electrons. The number of hydrogen-bond donors (Lipinski definition) is 2. The summed E-state index contributed by atoms with van der Waals surface area (Å²) in [6, 6.07) is 11.2. The Morgan fingerprint density at radius 1 is 1.20 bits per heavy atom. The molecule has 2 aromatic rings. The highest BCUT2D eigenvalue weighted by atomic mass is 19.4. The maximum atomic E-state index is 13.5. The van der Waals surface area contributed by atoms with Crippen LogP contribution < -0.4 is 15.4 Å². The summed E-state index contributed by atoms with van der Waals surface area (Å²) in [6.07, 6.45) is -4.02. The lowest BCUT2D eigenvalue weighted by atomic mass is 9.68. The number of aromatic hydroxyl groups is 1. The van der Waals surface area contributed by atoms with E-state index in [2.05, 4.69) is 6.07 Å². The number of alkyl halides is 3. The molecule has 1 aliphatic carbocycles. The van der Waals surface area contributed by atoms with Gasteiger partial charge in [0.25, 0.3) is 0 Å². The molecule has 4 rings (SSSR count). The molecule has 0 saturated heterocycles. The average molecular weight is 483 g/mol.